The molecular formula is C16H10N6O2. The summed E-state index contributed by atoms with van der Waals surface area (Å²) in [7, 11) is 0. The topological polar surface area (TPSA) is 116 Å². The van der Waals surface area contributed by atoms with Gasteiger partial charge in [-0.15, -0.1) is 10.2 Å². The molecule has 2 heterocycles. The van der Waals surface area contributed by atoms with E-state index < -0.39 is 0 Å². The van der Waals surface area contributed by atoms with Gasteiger partial charge in [0, 0.05) is 0 Å². The fraction of sp³-hybridized carbons (Fsp3) is 0. The average molecular weight is 318 g/mol. The van der Waals surface area contributed by atoms with Gasteiger partial charge in [-0.05, 0) is 24.3 Å². The number of aromatic amines is 2. The van der Waals surface area contributed by atoms with Crippen LogP contribution in [0.4, 0.5) is 11.9 Å². The minimum Gasteiger partial charge on any atom is -0.289 e. The van der Waals surface area contributed by atoms with Crippen LogP contribution >= 0.6 is 0 Å². The lowest BCUT2D eigenvalue weighted by Gasteiger charge is -1.98. The van der Waals surface area contributed by atoms with Crippen molar-refractivity contribution in [3.63, 3.8) is 0 Å². The first-order valence-electron chi connectivity index (χ1n) is 7.10. The largest absolute Gasteiger partial charge is 0.289 e. The van der Waals surface area contributed by atoms with Crippen LogP contribution in [0.1, 0.15) is 0 Å². The van der Waals surface area contributed by atoms with E-state index in [1.54, 1.807) is 48.5 Å². The Bertz CT molecular complexity index is 1110. The number of para-hydroxylation sites is 2. The fourth-order valence-electron chi connectivity index (χ4n) is 2.34. The molecular weight excluding hydrogens is 308 g/mol. The van der Waals surface area contributed by atoms with Gasteiger partial charge in [-0.25, -0.2) is 9.97 Å². The first kappa shape index (κ1) is 13.9. The van der Waals surface area contributed by atoms with Crippen molar-refractivity contribution < 1.29 is 0 Å². The van der Waals surface area contributed by atoms with Gasteiger partial charge in [-0.3, -0.25) is 19.6 Å². The standard InChI is InChI=1S/C16H10N6O2/c23-13-9-5-1-3-7-11(9)17-15(19-13)21-22-16-18-12-8-4-2-6-10(12)14(24)20-16/h1-8H,(H,17,19,23)(H,18,20,24)/b22-21+. The molecule has 24 heavy (non-hydrogen) atoms. The highest BCUT2D eigenvalue weighted by molar-refractivity contribution is 5.78. The third-order valence-electron chi connectivity index (χ3n) is 3.44. The van der Waals surface area contributed by atoms with Crippen LogP contribution in [0.15, 0.2) is 68.3 Å². The Labute approximate surface area is 134 Å². The molecule has 116 valence electrons. The Morgan fingerprint density at radius 3 is 1.54 bits per heavy atom. The Morgan fingerprint density at radius 2 is 1.08 bits per heavy atom. The first-order chi connectivity index (χ1) is 11.7. The lowest BCUT2D eigenvalue weighted by atomic mass is 10.2. The van der Waals surface area contributed by atoms with Gasteiger partial charge in [-0.1, -0.05) is 24.3 Å². The smallest absolute Gasteiger partial charge is 0.260 e. The Kier molecular flexibility index (Phi) is 3.20. The van der Waals surface area contributed by atoms with Gasteiger partial charge in [-0.2, -0.15) is 0 Å². The second-order valence-corrected chi connectivity index (χ2v) is 5.01. The zero-order chi connectivity index (χ0) is 16.5. The number of fused-ring (bicyclic) bond motifs is 2. The van der Waals surface area contributed by atoms with Gasteiger partial charge < -0.3 is 0 Å². The third-order valence-corrected chi connectivity index (χ3v) is 3.44. The van der Waals surface area contributed by atoms with Gasteiger partial charge in [0.15, 0.2) is 0 Å². The van der Waals surface area contributed by atoms with Crippen molar-refractivity contribution >= 4 is 33.7 Å². The van der Waals surface area contributed by atoms with Crippen molar-refractivity contribution in [3.05, 3.63) is 69.2 Å². The molecule has 8 heteroatoms. The molecule has 2 aromatic heterocycles. The quantitative estimate of drug-likeness (QED) is 0.552. The highest BCUT2D eigenvalue weighted by Gasteiger charge is 2.04. The molecule has 4 aromatic rings. The second-order valence-electron chi connectivity index (χ2n) is 5.01. The van der Waals surface area contributed by atoms with Gasteiger partial charge in [0.05, 0.1) is 21.8 Å². The predicted molar refractivity (Wildman–Crippen MR) is 88.9 cm³/mol. The van der Waals surface area contributed by atoms with E-state index in [1.165, 1.54) is 0 Å². The van der Waals surface area contributed by atoms with Crippen molar-refractivity contribution in [3.8, 4) is 0 Å². The average Bonchev–Trinajstić information content (AvgIpc) is 2.60. The van der Waals surface area contributed by atoms with Crippen LogP contribution in [-0.4, -0.2) is 19.9 Å². The van der Waals surface area contributed by atoms with Crippen LogP contribution in [0.2, 0.25) is 0 Å². The molecule has 0 bridgehead atoms. The summed E-state index contributed by atoms with van der Waals surface area (Å²) in [6.07, 6.45) is 0. The number of aromatic nitrogens is 4. The van der Waals surface area contributed by atoms with Gasteiger partial charge >= 0.3 is 0 Å². The normalized spacial score (nSPS) is 11.5. The number of nitrogens with one attached hydrogen (secondary N) is 2. The number of hydrogen-bond acceptors (Lipinski definition) is 6. The van der Waals surface area contributed by atoms with Gasteiger partial charge in [0.25, 0.3) is 11.1 Å². The zero-order valence-electron chi connectivity index (χ0n) is 12.2. The molecule has 0 amide bonds. The lowest BCUT2D eigenvalue weighted by Crippen LogP contribution is -2.07. The Morgan fingerprint density at radius 1 is 0.667 bits per heavy atom. The summed E-state index contributed by atoms with van der Waals surface area (Å²) in [4.78, 5) is 37.4. The van der Waals surface area contributed by atoms with Crippen molar-refractivity contribution in [2.45, 2.75) is 0 Å². The van der Waals surface area contributed by atoms with Crippen LogP contribution in [-0.2, 0) is 0 Å². The summed E-state index contributed by atoms with van der Waals surface area (Å²) in [6.45, 7) is 0. The van der Waals surface area contributed by atoms with E-state index >= 15 is 0 Å². The SMILES string of the molecule is O=c1[nH]c(/N=N/c2nc3ccccc3c(=O)[nH]2)nc2ccccc12. The van der Waals surface area contributed by atoms with Crippen molar-refractivity contribution in [2.75, 3.05) is 0 Å². The molecule has 0 aliphatic heterocycles. The molecule has 4 rings (SSSR count). The molecule has 0 saturated heterocycles. The minimum atomic E-state index is -0.311. The number of nitrogens with zero attached hydrogens (tertiary/aromatic N) is 4. The predicted octanol–water partition coefficient (Wildman–Crippen LogP) is 2.58. The Hall–Kier alpha value is -3.68. The maximum atomic E-state index is 12.0. The number of rotatable bonds is 2. The van der Waals surface area contributed by atoms with E-state index in [2.05, 4.69) is 30.2 Å². The van der Waals surface area contributed by atoms with E-state index in [-0.39, 0.29) is 23.0 Å². The number of azo groups is 1. The molecule has 2 aromatic carbocycles. The van der Waals surface area contributed by atoms with Crippen LogP contribution in [0.3, 0.4) is 0 Å². The highest BCUT2D eigenvalue weighted by Crippen LogP contribution is 2.14. The molecule has 0 aliphatic carbocycles. The minimum absolute atomic E-state index is 0.0366. The maximum absolute atomic E-state index is 12.0. The van der Waals surface area contributed by atoms with E-state index in [9.17, 15) is 9.59 Å². The van der Waals surface area contributed by atoms with Gasteiger partial charge in [0.1, 0.15) is 0 Å². The van der Waals surface area contributed by atoms with Crippen LogP contribution in [0, 0.1) is 0 Å². The molecule has 8 nitrogen and oxygen atoms in total. The maximum Gasteiger partial charge on any atom is 0.260 e. The molecule has 0 saturated carbocycles. The van der Waals surface area contributed by atoms with Crippen molar-refractivity contribution in [1.29, 1.82) is 0 Å². The van der Waals surface area contributed by atoms with E-state index in [0.29, 0.717) is 21.8 Å². The molecule has 0 unspecified atom stereocenters. The summed E-state index contributed by atoms with van der Waals surface area (Å²) in [5.74, 6) is 0.0732. The fourth-order valence-corrected chi connectivity index (χ4v) is 2.34. The molecule has 0 fully saturated rings. The summed E-state index contributed by atoms with van der Waals surface area (Å²) in [5.41, 5.74) is 0.398. The monoisotopic (exact) mass is 318 g/mol. The Balaban J connectivity index is 1.78. The summed E-state index contributed by atoms with van der Waals surface area (Å²) >= 11 is 0. The van der Waals surface area contributed by atoms with Crippen LogP contribution in [0.5, 0.6) is 0 Å². The number of benzene rings is 2. The van der Waals surface area contributed by atoms with Crippen molar-refractivity contribution in [1.82, 2.24) is 19.9 Å². The summed E-state index contributed by atoms with van der Waals surface area (Å²) < 4.78 is 0. The van der Waals surface area contributed by atoms with E-state index in [1.807, 2.05) is 0 Å². The molecule has 0 aliphatic rings. The lowest BCUT2D eigenvalue weighted by molar-refractivity contribution is 1.02. The molecule has 0 radical (unpaired) electrons. The van der Waals surface area contributed by atoms with E-state index in [4.69, 9.17) is 0 Å². The van der Waals surface area contributed by atoms with Gasteiger partial charge in [0.2, 0.25) is 11.9 Å². The van der Waals surface area contributed by atoms with Crippen LogP contribution < -0.4 is 11.1 Å². The van der Waals surface area contributed by atoms with Crippen LogP contribution in [0.25, 0.3) is 21.8 Å². The molecule has 2 N–H and O–H groups in total. The third kappa shape index (κ3) is 2.45. The molecule has 0 atom stereocenters. The van der Waals surface area contributed by atoms with E-state index in [0.717, 1.165) is 0 Å². The number of hydrogen-bond donors (Lipinski definition) is 2. The second kappa shape index (κ2) is 5.51. The summed E-state index contributed by atoms with van der Waals surface area (Å²) in [6, 6.07) is 13.8. The summed E-state index contributed by atoms with van der Waals surface area (Å²) in [5, 5.41) is 8.65. The first-order valence-corrected chi connectivity index (χ1v) is 7.10. The number of H-pyrrole nitrogens is 2. The zero-order valence-corrected chi connectivity index (χ0v) is 12.2. The molecule has 0 spiro atoms. The highest BCUT2D eigenvalue weighted by atomic mass is 16.1. The van der Waals surface area contributed by atoms with Crippen molar-refractivity contribution in [2.24, 2.45) is 10.2 Å².